The summed E-state index contributed by atoms with van der Waals surface area (Å²) < 4.78 is 33.3. The normalized spacial score (nSPS) is 10.7. The first-order valence-corrected chi connectivity index (χ1v) is 10.9. The summed E-state index contributed by atoms with van der Waals surface area (Å²) in [6.45, 7) is 3.36. The van der Waals surface area contributed by atoms with Crippen LogP contribution in [0.5, 0.6) is 5.75 Å². The van der Waals surface area contributed by atoms with E-state index >= 15 is 0 Å². The van der Waals surface area contributed by atoms with Gasteiger partial charge in [0.25, 0.3) is 15.9 Å². The lowest BCUT2D eigenvalue weighted by atomic mass is 10.2. The molecule has 3 aromatic carbocycles. The van der Waals surface area contributed by atoms with Crippen molar-refractivity contribution in [2.75, 3.05) is 16.6 Å². The van der Waals surface area contributed by atoms with E-state index in [1.807, 2.05) is 25.1 Å². The molecule has 0 saturated carbocycles. The topological polar surface area (TPSA) is 108 Å². The Hall–Kier alpha value is -3.83. The van der Waals surface area contributed by atoms with E-state index in [4.69, 9.17) is 10.00 Å². The van der Waals surface area contributed by atoms with Gasteiger partial charge in [0, 0.05) is 11.4 Å². The first-order chi connectivity index (χ1) is 14.8. The fraction of sp³-hybridized carbons (Fsp3) is 0.130. The van der Waals surface area contributed by atoms with E-state index in [1.54, 1.807) is 43.3 Å². The quantitative estimate of drug-likeness (QED) is 0.583. The van der Waals surface area contributed by atoms with E-state index in [-0.39, 0.29) is 11.5 Å². The third kappa shape index (κ3) is 5.84. The number of hydrogen-bond donors (Lipinski definition) is 2. The van der Waals surface area contributed by atoms with Crippen LogP contribution in [0.15, 0.2) is 71.6 Å². The van der Waals surface area contributed by atoms with Crippen LogP contribution >= 0.6 is 0 Å². The maximum atomic E-state index is 12.6. The average molecular weight is 436 g/mol. The minimum absolute atomic E-state index is 0.0932. The molecule has 7 nitrogen and oxygen atoms in total. The number of carbonyl (C=O) groups excluding carboxylic acids is 1. The van der Waals surface area contributed by atoms with Gasteiger partial charge in [0.1, 0.15) is 5.75 Å². The molecule has 0 spiro atoms. The van der Waals surface area contributed by atoms with Crippen LogP contribution in [-0.4, -0.2) is 20.9 Å². The number of hydrogen-bond acceptors (Lipinski definition) is 5. The highest BCUT2D eigenvalue weighted by molar-refractivity contribution is 7.92. The Labute approximate surface area is 181 Å². The van der Waals surface area contributed by atoms with Crippen LogP contribution in [0.4, 0.5) is 11.4 Å². The zero-order valence-electron chi connectivity index (χ0n) is 17.0. The molecule has 8 heteroatoms. The molecule has 3 aromatic rings. The summed E-state index contributed by atoms with van der Waals surface area (Å²) in [5, 5.41) is 11.6. The van der Waals surface area contributed by atoms with Crippen molar-refractivity contribution in [2.45, 2.75) is 18.7 Å². The number of aryl methyl sites for hydroxylation is 2. The minimum Gasteiger partial charge on any atom is -0.483 e. The fourth-order valence-electron chi connectivity index (χ4n) is 2.79. The second-order valence-corrected chi connectivity index (χ2v) is 8.61. The Kier molecular flexibility index (Phi) is 6.58. The van der Waals surface area contributed by atoms with Crippen molar-refractivity contribution in [1.82, 2.24) is 0 Å². The summed E-state index contributed by atoms with van der Waals surface area (Å²) in [6.07, 6.45) is 0. The molecule has 0 atom stereocenters. The molecular formula is C23H21N3O4S. The van der Waals surface area contributed by atoms with Gasteiger partial charge in [0.05, 0.1) is 16.5 Å². The smallest absolute Gasteiger partial charge is 0.262 e. The van der Waals surface area contributed by atoms with Crippen LogP contribution < -0.4 is 14.8 Å². The van der Waals surface area contributed by atoms with Gasteiger partial charge in [-0.3, -0.25) is 9.52 Å². The number of nitriles is 1. The standard InChI is InChI=1S/C23H21N3O4S/c1-16-6-8-19(9-7-16)26-31(28,29)21-10-11-22(17(2)12-21)30-15-23(27)25-20-5-3-4-18(13-20)14-24/h3-13,26H,15H2,1-2H3,(H,25,27). The Bertz CT molecular complexity index is 1250. The SMILES string of the molecule is Cc1ccc(NS(=O)(=O)c2ccc(OCC(=O)Nc3cccc(C#N)c3)c(C)c2)cc1. The Morgan fingerprint density at radius 2 is 1.74 bits per heavy atom. The van der Waals surface area contributed by atoms with Crippen LogP contribution in [0.3, 0.4) is 0 Å². The molecule has 0 saturated heterocycles. The summed E-state index contributed by atoms with van der Waals surface area (Å²) in [5.74, 6) is 0.00226. The monoisotopic (exact) mass is 435 g/mol. The van der Waals surface area contributed by atoms with Crippen LogP contribution in [0.25, 0.3) is 0 Å². The molecular weight excluding hydrogens is 414 g/mol. The summed E-state index contributed by atoms with van der Waals surface area (Å²) in [5.41, 5.74) is 3.01. The van der Waals surface area contributed by atoms with E-state index in [0.717, 1.165) is 5.56 Å². The van der Waals surface area contributed by atoms with E-state index in [2.05, 4.69) is 10.0 Å². The molecule has 0 heterocycles. The number of nitrogens with zero attached hydrogens (tertiary/aromatic N) is 1. The Balaban J connectivity index is 1.64. The van der Waals surface area contributed by atoms with Crippen molar-refractivity contribution in [1.29, 1.82) is 5.26 Å². The summed E-state index contributed by atoms with van der Waals surface area (Å²) in [4.78, 5) is 12.2. The minimum atomic E-state index is -3.76. The van der Waals surface area contributed by atoms with Crippen LogP contribution in [0.1, 0.15) is 16.7 Å². The predicted molar refractivity (Wildman–Crippen MR) is 118 cm³/mol. The maximum Gasteiger partial charge on any atom is 0.262 e. The molecule has 1 amide bonds. The number of amides is 1. The lowest BCUT2D eigenvalue weighted by Gasteiger charge is -2.12. The van der Waals surface area contributed by atoms with Crippen molar-refractivity contribution in [3.8, 4) is 11.8 Å². The first kappa shape index (κ1) is 21.9. The molecule has 3 rings (SSSR count). The van der Waals surface area contributed by atoms with Crippen molar-refractivity contribution in [3.63, 3.8) is 0 Å². The summed E-state index contributed by atoms with van der Waals surface area (Å²) >= 11 is 0. The molecule has 0 aliphatic heterocycles. The zero-order chi connectivity index (χ0) is 22.4. The second kappa shape index (κ2) is 9.32. The van der Waals surface area contributed by atoms with Crippen molar-refractivity contribution in [2.24, 2.45) is 0 Å². The Morgan fingerprint density at radius 1 is 1.00 bits per heavy atom. The number of benzene rings is 3. The second-order valence-electron chi connectivity index (χ2n) is 6.93. The molecule has 158 valence electrons. The molecule has 0 unspecified atom stereocenters. The largest absolute Gasteiger partial charge is 0.483 e. The molecule has 0 aliphatic rings. The van der Waals surface area contributed by atoms with Crippen LogP contribution in [-0.2, 0) is 14.8 Å². The predicted octanol–water partition coefficient (Wildman–Crippen LogP) is 3.99. The van der Waals surface area contributed by atoms with Gasteiger partial charge in [0.2, 0.25) is 0 Å². The van der Waals surface area contributed by atoms with Crippen molar-refractivity contribution in [3.05, 3.63) is 83.4 Å². The summed E-state index contributed by atoms with van der Waals surface area (Å²) in [7, 11) is -3.76. The van der Waals surface area contributed by atoms with Gasteiger partial charge in [-0.1, -0.05) is 23.8 Å². The molecule has 2 N–H and O–H groups in total. The fourth-order valence-corrected chi connectivity index (χ4v) is 3.94. The van der Waals surface area contributed by atoms with Crippen LogP contribution in [0, 0.1) is 25.2 Å². The third-order valence-electron chi connectivity index (χ3n) is 4.39. The molecule has 0 aromatic heterocycles. The van der Waals surface area contributed by atoms with Gasteiger partial charge in [-0.2, -0.15) is 5.26 Å². The lowest BCUT2D eigenvalue weighted by molar-refractivity contribution is -0.118. The number of ether oxygens (including phenoxy) is 1. The molecule has 31 heavy (non-hydrogen) atoms. The molecule has 0 fully saturated rings. The average Bonchev–Trinajstić information content (AvgIpc) is 2.74. The van der Waals surface area contributed by atoms with Gasteiger partial charge >= 0.3 is 0 Å². The van der Waals surface area contributed by atoms with Crippen molar-refractivity contribution < 1.29 is 17.9 Å². The van der Waals surface area contributed by atoms with E-state index in [0.29, 0.717) is 28.3 Å². The van der Waals surface area contributed by atoms with Gasteiger partial charge in [-0.25, -0.2) is 8.42 Å². The first-order valence-electron chi connectivity index (χ1n) is 9.40. The lowest BCUT2D eigenvalue weighted by Crippen LogP contribution is -2.20. The number of nitrogens with one attached hydrogen (secondary N) is 2. The van der Waals surface area contributed by atoms with E-state index in [1.165, 1.54) is 18.2 Å². The zero-order valence-corrected chi connectivity index (χ0v) is 17.9. The molecule has 0 radical (unpaired) electrons. The number of rotatable bonds is 7. The van der Waals surface area contributed by atoms with Crippen LogP contribution in [0.2, 0.25) is 0 Å². The van der Waals surface area contributed by atoms with E-state index in [9.17, 15) is 13.2 Å². The molecule has 0 aliphatic carbocycles. The van der Waals surface area contributed by atoms with Gasteiger partial charge < -0.3 is 10.1 Å². The number of sulfonamides is 1. The van der Waals surface area contributed by atoms with Gasteiger partial charge in [-0.15, -0.1) is 0 Å². The van der Waals surface area contributed by atoms with Gasteiger partial charge in [0.15, 0.2) is 6.61 Å². The van der Waals surface area contributed by atoms with Crippen molar-refractivity contribution >= 4 is 27.3 Å². The number of anilines is 2. The maximum absolute atomic E-state index is 12.6. The molecule has 0 bridgehead atoms. The Morgan fingerprint density at radius 3 is 2.42 bits per heavy atom. The van der Waals surface area contributed by atoms with E-state index < -0.39 is 15.9 Å². The number of carbonyl (C=O) groups is 1. The highest BCUT2D eigenvalue weighted by Crippen LogP contribution is 2.24. The summed E-state index contributed by atoms with van der Waals surface area (Å²) in [6, 6.07) is 20.0. The highest BCUT2D eigenvalue weighted by Gasteiger charge is 2.16. The highest BCUT2D eigenvalue weighted by atomic mass is 32.2. The van der Waals surface area contributed by atoms with Gasteiger partial charge in [-0.05, 0) is 67.9 Å². The third-order valence-corrected chi connectivity index (χ3v) is 5.77.